The Kier molecular flexibility index (Phi) is 6.42. The van der Waals surface area contributed by atoms with E-state index in [1.807, 2.05) is 14.1 Å². The number of aryl methyl sites for hydroxylation is 1. The summed E-state index contributed by atoms with van der Waals surface area (Å²) in [4.78, 5) is 29.0. The predicted molar refractivity (Wildman–Crippen MR) is 81.7 cm³/mol. The van der Waals surface area contributed by atoms with Gasteiger partial charge in [0, 0.05) is 12.2 Å². The van der Waals surface area contributed by atoms with Crippen molar-refractivity contribution in [2.75, 3.05) is 33.8 Å². The van der Waals surface area contributed by atoms with E-state index in [2.05, 4.69) is 15.2 Å². The zero-order valence-corrected chi connectivity index (χ0v) is 13.5. The summed E-state index contributed by atoms with van der Waals surface area (Å²) >= 11 is 0. The van der Waals surface area contributed by atoms with Crippen LogP contribution in [0.5, 0.6) is 0 Å². The van der Waals surface area contributed by atoms with Crippen LogP contribution in [-0.2, 0) is 4.74 Å². The molecule has 2 N–H and O–H groups in total. The van der Waals surface area contributed by atoms with Gasteiger partial charge in [-0.3, -0.25) is 4.79 Å². The molecule has 118 valence electrons. The first-order valence-corrected chi connectivity index (χ1v) is 7.17. The van der Waals surface area contributed by atoms with Crippen LogP contribution in [0.1, 0.15) is 45.4 Å². The second-order valence-electron chi connectivity index (χ2n) is 5.26. The molecule has 6 heteroatoms. The maximum absolute atomic E-state index is 12.2. The van der Waals surface area contributed by atoms with Gasteiger partial charge in [0.05, 0.1) is 12.2 Å². The number of aromatic nitrogens is 1. The van der Waals surface area contributed by atoms with E-state index in [0.717, 1.165) is 13.0 Å². The minimum atomic E-state index is -0.426. The zero-order valence-electron chi connectivity index (χ0n) is 13.5. The average molecular weight is 295 g/mol. The third-order valence-electron chi connectivity index (χ3n) is 3.21. The summed E-state index contributed by atoms with van der Waals surface area (Å²) < 4.78 is 4.97. The molecule has 1 aromatic rings. The third-order valence-corrected chi connectivity index (χ3v) is 3.21. The monoisotopic (exact) mass is 295 g/mol. The molecular weight excluding hydrogens is 270 g/mol. The number of aromatic amines is 1. The first kappa shape index (κ1) is 17.2. The molecule has 1 rings (SSSR count). The number of carbonyl (C=O) groups is 2. The predicted octanol–water partition coefficient (Wildman–Crippen LogP) is 1.49. The molecule has 0 saturated heterocycles. The van der Waals surface area contributed by atoms with Gasteiger partial charge in [-0.1, -0.05) is 0 Å². The highest BCUT2D eigenvalue weighted by atomic mass is 16.5. The number of hydrogen-bond donors (Lipinski definition) is 2. The summed E-state index contributed by atoms with van der Waals surface area (Å²) in [5, 5.41) is 2.88. The van der Waals surface area contributed by atoms with E-state index in [1.54, 1.807) is 20.8 Å². The van der Waals surface area contributed by atoms with Crippen molar-refractivity contribution >= 4 is 11.9 Å². The van der Waals surface area contributed by atoms with E-state index in [-0.39, 0.29) is 5.91 Å². The summed E-state index contributed by atoms with van der Waals surface area (Å²) in [5.74, 6) is -0.583. The second kappa shape index (κ2) is 7.83. The van der Waals surface area contributed by atoms with Gasteiger partial charge in [0.15, 0.2) is 0 Å². The van der Waals surface area contributed by atoms with Crippen LogP contribution in [0.15, 0.2) is 0 Å². The largest absolute Gasteiger partial charge is 0.461 e. The van der Waals surface area contributed by atoms with Gasteiger partial charge in [-0.15, -0.1) is 0 Å². The number of nitrogens with one attached hydrogen (secondary N) is 2. The lowest BCUT2D eigenvalue weighted by molar-refractivity contribution is 0.0519. The number of carbonyl (C=O) groups excluding carboxylic acids is 2. The van der Waals surface area contributed by atoms with Gasteiger partial charge in [0.2, 0.25) is 0 Å². The van der Waals surface area contributed by atoms with Gasteiger partial charge >= 0.3 is 5.97 Å². The Balaban J connectivity index is 2.74. The molecule has 21 heavy (non-hydrogen) atoms. The molecule has 0 bridgehead atoms. The highest BCUT2D eigenvalue weighted by molar-refractivity contribution is 6.01. The van der Waals surface area contributed by atoms with E-state index in [0.29, 0.717) is 35.7 Å². The number of esters is 1. The number of H-pyrrole nitrogens is 1. The fraction of sp³-hybridized carbons (Fsp3) is 0.600. The topological polar surface area (TPSA) is 74.4 Å². The lowest BCUT2D eigenvalue weighted by Gasteiger charge is -2.10. The van der Waals surface area contributed by atoms with Crippen LogP contribution < -0.4 is 5.32 Å². The van der Waals surface area contributed by atoms with Gasteiger partial charge in [-0.05, 0) is 53.4 Å². The van der Waals surface area contributed by atoms with Crippen molar-refractivity contribution in [2.45, 2.75) is 27.2 Å². The molecule has 0 aliphatic rings. The number of amides is 1. The van der Waals surface area contributed by atoms with Crippen LogP contribution in [0, 0.1) is 13.8 Å². The minimum Gasteiger partial charge on any atom is -0.461 e. The van der Waals surface area contributed by atoms with Crippen LogP contribution in [0.25, 0.3) is 0 Å². The summed E-state index contributed by atoms with van der Waals surface area (Å²) in [6.07, 6.45) is 0.881. The number of nitrogens with zero attached hydrogens (tertiary/aromatic N) is 1. The molecule has 1 aromatic heterocycles. The fourth-order valence-electron chi connectivity index (χ4n) is 2.18. The van der Waals surface area contributed by atoms with E-state index in [9.17, 15) is 9.59 Å². The zero-order chi connectivity index (χ0) is 16.0. The summed E-state index contributed by atoms with van der Waals surface area (Å²) in [5.41, 5.74) is 2.20. The maximum atomic E-state index is 12.2. The van der Waals surface area contributed by atoms with Gasteiger partial charge in [0.1, 0.15) is 5.69 Å². The Morgan fingerprint density at radius 2 is 1.95 bits per heavy atom. The molecule has 6 nitrogen and oxygen atoms in total. The quantitative estimate of drug-likeness (QED) is 0.590. The first-order chi connectivity index (χ1) is 9.88. The number of hydrogen-bond acceptors (Lipinski definition) is 4. The molecule has 0 saturated carbocycles. The Labute approximate surface area is 125 Å². The molecule has 0 radical (unpaired) electrons. The molecule has 0 aromatic carbocycles. The normalized spacial score (nSPS) is 10.8. The van der Waals surface area contributed by atoms with Gasteiger partial charge in [-0.25, -0.2) is 4.79 Å². The van der Waals surface area contributed by atoms with Crippen molar-refractivity contribution in [1.29, 1.82) is 0 Å². The lowest BCUT2D eigenvalue weighted by atomic mass is 10.1. The Bertz CT molecular complexity index is 507. The van der Waals surface area contributed by atoms with Crippen LogP contribution in [0.4, 0.5) is 0 Å². The molecule has 0 aliphatic heterocycles. The number of rotatable bonds is 7. The van der Waals surface area contributed by atoms with Crippen molar-refractivity contribution < 1.29 is 14.3 Å². The van der Waals surface area contributed by atoms with Crippen molar-refractivity contribution in [2.24, 2.45) is 0 Å². The molecule has 0 unspecified atom stereocenters. The van der Waals surface area contributed by atoms with Crippen LogP contribution >= 0.6 is 0 Å². The van der Waals surface area contributed by atoms with E-state index in [1.165, 1.54) is 0 Å². The average Bonchev–Trinajstić information content (AvgIpc) is 2.70. The Morgan fingerprint density at radius 1 is 1.29 bits per heavy atom. The first-order valence-electron chi connectivity index (χ1n) is 7.17. The van der Waals surface area contributed by atoms with Crippen molar-refractivity contribution in [3.05, 3.63) is 22.5 Å². The van der Waals surface area contributed by atoms with Crippen LogP contribution in [0.3, 0.4) is 0 Å². The van der Waals surface area contributed by atoms with Gasteiger partial charge in [-0.2, -0.15) is 0 Å². The molecule has 1 amide bonds. The van der Waals surface area contributed by atoms with E-state index < -0.39 is 5.97 Å². The molecular formula is C15H25N3O3. The molecule has 0 spiro atoms. The van der Waals surface area contributed by atoms with Gasteiger partial charge in [0.25, 0.3) is 5.91 Å². The molecule has 1 heterocycles. The summed E-state index contributed by atoms with van der Waals surface area (Å²) in [7, 11) is 3.99. The Hall–Kier alpha value is -1.82. The summed E-state index contributed by atoms with van der Waals surface area (Å²) in [6.45, 7) is 7.12. The van der Waals surface area contributed by atoms with Crippen LogP contribution in [0.2, 0.25) is 0 Å². The molecule has 0 fully saturated rings. The Morgan fingerprint density at radius 3 is 2.52 bits per heavy atom. The smallest absolute Gasteiger partial charge is 0.355 e. The highest BCUT2D eigenvalue weighted by Gasteiger charge is 2.22. The second-order valence-corrected chi connectivity index (χ2v) is 5.26. The van der Waals surface area contributed by atoms with E-state index in [4.69, 9.17) is 4.74 Å². The van der Waals surface area contributed by atoms with Crippen molar-refractivity contribution in [3.8, 4) is 0 Å². The standard InChI is InChI=1S/C15H25N3O3/c1-6-21-15(20)13-10(2)12(11(3)17-13)14(19)16-8-7-9-18(4)5/h17H,6-9H2,1-5H3,(H,16,19). The minimum absolute atomic E-state index is 0.157. The molecule has 0 atom stereocenters. The van der Waals surface area contributed by atoms with Crippen LogP contribution in [-0.4, -0.2) is 55.6 Å². The van der Waals surface area contributed by atoms with E-state index >= 15 is 0 Å². The van der Waals surface area contributed by atoms with Gasteiger partial charge < -0.3 is 19.9 Å². The fourth-order valence-corrected chi connectivity index (χ4v) is 2.18. The highest BCUT2D eigenvalue weighted by Crippen LogP contribution is 2.18. The number of ether oxygens (including phenoxy) is 1. The van der Waals surface area contributed by atoms with Crippen molar-refractivity contribution in [1.82, 2.24) is 15.2 Å². The lowest BCUT2D eigenvalue weighted by Crippen LogP contribution is -2.27. The third kappa shape index (κ3) is 4.60. The van der Waals surface area contributed by atoms with Crippen molar-refractivity contribution in [3.63, 3.8) is 0 Å². The molecule has 0 aliphatic carbocycles. The maximum Gasteiger partial charge on any atom is 0.355 e. The summed E-state index contributed by atoms with van der Waals surface area (Å²) in [6, 6.07) is 0. The SMILES string of the molecule is CCOC(=O)c1[nH]c(C)c(C(=O)NCCCN(C)C)c1C.